The standard InChI is InChI=1S/C17H25N3O2/c1-17(2)13-5-6-14(18)12(15(13)19-16(17)21)4-3-7-20-8-10-22-11-9-20/h5-6H,3-4,7-11,18H2,1-2H3,(H,19,21). The van der Waals surface area contributed by atoms with Gasteiger partial charge in [-0.05, 0) is 50.4 Å². The van der Waals surface area contributed by atoms with Crippen LogP contribution in [0.15, 0.2) is 12.1 Å². The Morgan fingerprint density at radius 1 is 1.32 bits per heavy atom. The fourth-order valence-corrected chi connectivity index (χ4v) is 3.29. The predicted octanol–water partition coefficient (Wildman–Crippen LogP) is 1.76. The third-order valence-corrected chi connectivity index (χ3v) is 4.83. The Bertz CT molecular complexity index is 578. The molecule has 0 spiro atoms. The fraction of sp³-hybridized carbons (Fsp3) is 0.588. The van der Waals surface area contributed by atoms with E-state index in [1.54, 1.807) is 0 Å². The van der Waals surface area contributed by atoms with E-state index in [0.29, 0.717) is 0 Å². The molecular formula is C17H25N3O2. The molecular weight excluding hydrogens is 278 g/mol. The lowest BCUT2D eigenvalue weighted by Crippen LogP contribution is -2.37. The molecule has 0 saturated carbocycles. The van der Waals surface area contributed by atoms with Crippen molar-refractivity contribution >= 4 is 17.3 Å². The Hall–Kier alpha value is -1.59. The van der Waals surface area contributed by atoms with Gasteiger partial charge in [0.15, 0.2) is 0 Å². The molecule has 1 amide bonds. The second-order valence-corrected chi connectivity index (χ2v) is 6.69. The number of nitrogens with zero attached hydrogens (tertiary/aromatic N) is 1. The highest BCUT2D eigenvalue weighted by molar-refractivity contribution is 6.07. The molecule has 0 aliphatic carbocycles. The smallest absolute Gasteiger partial charge is 0.234 e. The Kier molecular flexibility index (Phi) is 4.10. The molecule has 2 heterocycles. The molecule has 2 aliphatic rings. The van der Waals surface area contributed by atoms with E-state index in [-0.39, 0.29) is 5.91 Å². The van der Waals surface area contributed by atoms with Crippen molar-refractivity contribution in [2.75, 3.05) is 43.9 Å². The van der Waals surface area contributed by atoms with Crippen LogP contribution in [0.1, 0.15) is 31.4 Å². The molecule has 5 heteroatoms. The summed E-state index contributed by atoms with van der Waals surface area (Å²) in [5.41, 5.74) is 9.56. The summed E-state index contributed by atoms with van der Waals surface area (Å²) in [5, 5.41) is 3.03. The molecule has 3 rings (SSSR count). The number of hydrogen-bond donors (Lipinski definition) is 2. The van der Waals surface area contributed by atoms with Crippen LogP contribution >= 0.6 is 0 Å². The summed E-state index contributed by atoms with van der Waals surface area (Å²) in [4.78, 5) is 14.6. The van der Waals surface area contributed by atoms with Gasteiger partial charge in [0.25, 0.3) is 0 Å². The largest absolute Gasteiger partial charge is 0.398 e. The van der Waals surface area contributed by atoms with Crippen molar-refractivity contribution in [3.8, 4) is 0 Å². The number of anilines is 2. The third-order valence-electron chi connectivity index (χ3n) is 4.83. The SMILES string of the molecule is CC1(C)C(=O)Nc2c1ccc(N)c2CCCN1CCOCC1. The van der Waals surface area contributed by atoms with Crippen LogP contribution in [0, 0.1) is 0 Å². The van der Waals surface area contributed by atoms with Crippen LogP contribution in [0.5, 0.6) is 0 Å². The summed E-state index contributed by atoms with van der Waals surface area (Å²) < 4.78 is 5.37. The molecule has 0 unspecified atom stereocenters. The molecule has 0 aromatic heterocycles. The van der Waals surface area contributed by atoms with Gasteiger partial charge in [0.05, 0.1) is 24.3 Å². The highest BCUT2D eigenvalue weighted by Gasteiger charge is 2.39. The Balaban J connectivity index is 1.72. The molecule has 2 aliphatic heterocycles. The molecule has 0 atom stereocenters. The van der Waals surface area contributed by atoms with E-state index in [0.717, 1.165) is 68.2 Å². The van der Waals surface area contributed by atoms with Gasteiger partial charge >= 0.3 is 0 Å². The number of nitrogens with two attached hydrogens (primary N) is 1. The lowest BCUT2D eigenvalue weighted by molar-refractivity contribution is -0.119. The molecule has 0 bridgehead atoms. The number of benzene rings is 1. The summed E-state index contributed by atoms with van der Waals surface area (Å²) in [5.74, 6) is 0.0579. The van der Waals surface area contributed by atoms with Gasteiger partial charge in [-0.15, -0.1) is 0 Å². The van der Waals surface area contributed by atoms with Crippen molar-refractivity contribution in [2.24, 2.45) is 0 Å². The van der Waals surface area contributed by atoms with Crippen molar-refractivity contribution in [1.82, 2.24) is 4.90 Å². The minimum atomic E-state index is -0.470. The highest BCUT2D eigenvalue weighted by atomic mass is 16.5. The third kappa shape index (κ3) is 2.71. The van der Waals surface area contributed by atoms with Crippen LogP contribution in [0.3, 0.4) is 0 Å². The molecule has 120 valence electrons. The van der Waals surface area contributed by atoms with Gasteiger partial charge in [0.2, 0.25) is 5.91 Å². The molecule has 0 radical (unpaired) electrons. The predicted molar refractivity (Wildman–Crippen MR) is 88.1 cm³/mol. The van der Waals surface area contributed by atoms with E-state index in [1.807, 2.05) is 26.0 Å². The second-order valence-electron chi connectivity index (χ2n) is 6.69. The highest BCUT2D eigenvalue weighted by Crippen LogP contribution is 2.41. The van der Waals surface area contributed by atoms with Crippen LogP contribution in [0.2, 0.25) is 0 Å². The number of amides is 1. The zero-order chi connectivity index (χ0) is 15.7. The maximum absolute atomic E-state index is 12.2. The number of ether oxygens (including phenoxy) is 1. The van der Waals surface area contributed by atoms with Gasteiger partial charge in [0.1, 0.15) is 0 Å². The van der Waals surface area contributed by atoms with Crippen LogP contribution in [0.25, 0.3) is 0 Å². The van der Waals surface area contributed by atoms with Gasteiger partial charge < -0.3 is 15.8 Å². The summed E-state index contributed by atoms with van der Waals surface area (Å²) in [6, 6.07) is 3.92. The number of fused-ring (bicyclic) bond motifs is 1. The van der Waals surface area contributed by atoms with Gasteiger partial charge in [-0.1, -0.05) is 6.07 Å². The molecule has 3 N–H and O–H groups in total. The van der Waals surface area contributed by atoms with Gasteiger partial charge in [0, 0.05) is 18.8 Å². The number of hydrogen-bond acceptors (Lipinski definition) is 4. The number of carbonyl (C=O) groups is 1. The quantitative estimate of drug-likeness (QED) is 0.832. The van der Waals surface area contributed by atoms with Gasteiger partial charge in [-0.2, -0.15) is 0 Å². The molecule has 1 fully saturated rings. The maximum Gasteiger partial charge on any atom is 0.234 e. The van der Waals surface area contributed by atoms with Crippen LogP contribution in [-0.2, 0) is 21.4 Å². The van der Waals surface area contributed by atoms with Crippen LogP contribution in [0.4, 0.5) is 11.4 Å². The minimum absolute atomic E-state index is 0.0579. The minimum Gasteiger partial charge on any atom is -0.398 e. The molecule has 1 aromatic rings. The monoisotopic (exact) mass is 303 g/mol. The van der Waals surface area contributed by atoms with E-state index < -0.39 is 5.41 Å². The first-order valence-electron chi connectivity index (χ1n) is 8.03. The van der Waals surface area contributed by atoms with E-state index in [4.69, 9.17) is 10.5 Å². The lowest BCUT2D eigenvalue weighted by Gasteiger charge is -2.26. The van der Waals surface area contributed by atoms with Crippen molar-refractivity contribution in [3.63, 3.8) is 0 Å². The first kappa shape index (κ1) is 15.3. The average Bonchev–Trinajstić information content (AvgIpc) is 2.73. The zero-order valence-electron chi connectivity index (χ0n) is 13.4. The summed E-state index contributed by atoms with van der Waals surface area (Å²) in [6.45, 7) is 8.63. The van der Waals surface area contributed by atoms with Crippen molar-refractivity contribution in [2.45, 2.75) is 32.1 Å². The molecule has 1 aromatic carbocycles. The number of nitrogen functional groups attached to an aromatic ring is 1. The number of carbonyl (C=O) groups excluding carboxylic acids is 1. The summed E-state index contributed by atoms with van der Waals surface area (Å²) >= 11 is 0. The molecule has 1 saturated heterocycles. The Morgan fingerprint density at radius 3 is 2.77 bits per heavy atom. The number of morpholine rings is 1. The molecule has 5 nitrogen and oxygen atoms in total. The van der Waals surface area contributed by atoms with Crippen molar-refractivity contribution < 1.29 is 9.53 Å². The van der Waals surface area contributed by atoms with Gasteiger partial charge in [-0.3, -0.25) is 9.69 Å². The lowest BCUT2D eigenvalue weighted by atomic mass is 9.85. The van der Waals surface area contributed by atoms with Crippen molar-refractivity contribution in [3.05, 3.63) is 23.3 Å². The van der Waals surface area contributed by atoms with E-state index in [1.165, 1.54) is 0 Å². The second kappa shape index (κ2) is 5.89. The van der Waals surface area contributed by atoms with Crippen LogP contribution in [-0.4, -0.2) is 43.7 Å². The number of rotatable bonds is 4. The van der Waals surface area contributed by atoms with E-state index >= 15 is 0 Å². The maximum atomic E-state index is 12.2. The van der Waals surface area contributed by atoms with Crippen LogP contribution < -0.4 is 11.1 Å². The van der Waals surface area contributed by atoms with E-state index in [9.17, 15) is 4.79 Å². The number of nitrogens with one attached hydrogen (secondary N) is 1. The summed E-state index contributed by atoms with van der Waals surface area (Å²) in [6.07, 6.45) is 1.93. The van der Waals surface area contributed by atoms with Crippen molar-refractivity contribution in [1.29, 1.82) is 0 Å². The topological polar surface area (TPSA) is 67.6 Å². The van der Waals surface area contributed by atoms with Gasteiger partial charge in [-0.25, -0.2) is 0 Å². The fourth-order valence-electron chi connectivity index (χ4n) is 3.29. The zero-order valence-corrected chi connectivity index (χ0v) is 13.4. The molecule has 22 heavy (non-hydrogen) atoms. The first-order valence-corrected chi connectivity index (χ1v) is 8.03. The summed E-state index contributed by atoms with van der Waals surface area (Å²) in [7, 11) is 0. The average molecular weight is 303 g/mol. The first-order chi connectivity index (χ1) is 10.5. The van der Waals surface area contributed by atoms with E-state index in [2.05, 4.69) is 10.2 Å². The Labute approximate surface area is 131 Å². The Morgan fingerprint density at radius 2 is 2.05 bits per heavy atom. The normalized spacial score (nSPS) is 20.7.